The van der Waals surface area contributed by atoms with Crippen LogP contribution in [0.3, 0.4) is 0 Å². The number of carbonyl (C=O) groups excluding carboxylic acids is 2. The van der Waals surface area contributed by atoms with Crippen molar-refractivity contribution in [2.75, 3.05) is 7.11 Å². The van der Waals surface area contributed by atoms with Gasteiger partial charge in [-0.1, -0.05) is 39.8 Å². The molecule has 1 fully saturated rings. The third kappa shape index (κ3) is 4.06. The Kier molecular flexibility index (Phi) is 6.19. The Morgan fingerprint density at radius 3 is 2.44 bits per heavy atom. The minimum atomic E-state index is -0.752. The molecule has 4 rings (SSSR count). The predicted octanol–water partition coefficient (Wildman–Crippen LogP) is 6.99. The highest BCUT2D eigenvalue weighted by molar-refractivity contribution is 8.18. The summed E-state index contributed by atoms with van der Waals surface area (Å²) in [6.45, 7) is 10.5. The van der Waals surface area contributed by atoms with Crippen LogP contribution in [0, 0.1) is 24.5 Å². The number of methoxy groups -OCH3 is 1. The normalized spacial score (nSPS) is 18.3. The number of nitrogens with one attached hydrogen (secondary N) is 1. The van der Waals surface area contributed by atoms with Crippen molar-refractivity contribution in [2.24, 2.45) is 5.92 Å². The highest BCUT2D eigenvalue weighted by Crippen LogP contribution is 2.46. The van der Waals surface area contributed by atoms with Crippen LogP contribution in [0.2, 0.25) is 0 Å². The average molecular weight is 484 g/mol. The summed E-state index contributed by atoms with van der Waals surface area (Å²) in [6, 6.07) is 4.97. The third-order valence-electron chi connectivity index (χ3n) is 6.46. The van der Waals surface area contributed by atoms with E-state index in [1.807, 2.05) is 13.0 Å². The lowest BCUT2D eigenvalue weighted by molar-refractivity contribution is -0.115. The summed E-state index contributed by atoms with van der Waals surface area (Å²) in [6.07, 6.45) is 4.33. The summed E-state index contributed by atoms with van der Waals surface area (Å²) in [5.41, 5.74) is 4.47. The van der Waals surface area contributed by atoms with Crippen LogP contribution in [-0.2, 0) is 10.2 Å². The van der Waals surface area contributed by atoms with Crippen molar-refractivity contribution in [3.63, 3.8) is 0 Å². The van der Waals surface area contributed by atoms with Crippen LogP contribution in [0.4, 0.5) is 13.6 Å². The molecule has 1 aliphatic heterocycles. The molecule has 0 spiro atoms. The minimum Gasteiger partial charge on any atom is -0.493 e. The van der Waals surface area contributed by atoms with E-state index >= 15 is 8.78 Å². The van der Waals surface area contributed by atoms with E-state index in [-0.39, 0.29) is 33.1 Å². The van der Waals surface area contributed by atoms with E-state index in [1.165, 1.54) is 24.3 Å². The average Bonchev–Trinajstić information content (AvgIpc) is 3.06. The highest BCUT2D eigenvalue weighted by atomic mass is 32.2. The molecule has 1 saturated heterocycles. The number of hydrogen-bond acceptors (Lipinski definition) is 4. The van der Waals surface area contributed by atoms with Gasteiger partial charge in [-0.15, -0.1) is 0 Å². The Morgan fingerprint density at radius 1 is 1.15 bits per heavy atom. The highest BCUT2D eigenvalue weighted by Gasteiger charge is 2.32. The van der Waals surface area contributed by atoms with Crippen molar-refractivity contribution >= 4 is 34.6 Å². The number of carbonyl (C=O) groups is 2. The number of amides is 2. The van der Waals surface area contributed by atoms with E-state index in [1.54, 1.807) is 0 Å². The van der Waals surface area contributed by atoms with E-state index in [0.717, 1.165) is 23.6 Å². The Hall–Kier alpha value is -2.93. The fraction of sp³-hybridized carbons (Fsp3) is 0.333. The molecular weight excluding hydrogens is 456 g/mol. The molecular formula is C27H27F2NO3S. The second-order valence-electron chi connectivity index (χ2n) is 9.64. The van der Waals surface area contributed by atoms with Crippen LogP contribution in [0.25, 0.3) is 22.8 Å². The van der Waals surface area contributed by atoms with Crippen LogP contribution in [0.1, 0.15) is 56.4 Å². The Labute approximate surface area is 202 Å². The van der Waals surface area contributed by atoms with Crippen LogP contribution >= 0.6 is 11.8 Å². The molecule has 1 N–H and O–H groups in total. The van der Waals surface area contributed by atoms with Gasteiger partial charge in [0.1, 0.15) is 5.82 Å². The first-order chi connectivity index (χ1) is 15.9. The summed E-state index contributed by atoms with van der Waals surface area (Å²) >= 11 is 0.653. The lowest BCUT2D eigenvalue weighted by Gasteiger charge is -2.34. The van der Waals surface area contributed by atoms with E-state index in [9.17, 15) is 9.59 Å². The maximum absolute atomic E-state index is 16.0. The van der Waals surface area contributed by atoms with Crippen molar-refractivity contribution in [1.29, 1.82) is 0 Å². The fourth-order valence-electron chi connectivity index (χ4n) is 4.64. The molecule has 0 saturated carbocycles. The summed E-state index contributed by atoms with van der Waals surface area (Å²) in [5.74, 6) is -2.04. The molecule has 0 aromatic heterocycles. The van der Waals surface area contributed by atoms with E-state index in [0.29, 0.717) is 17.3 Å². The molecule has 2 aromatic rings. The first-order valence-corrected chi connectivity index (χ1v) is 11.9. The quantitative estimate of drug-likeness (QED) is 0.476. The number of aryl methyl sites for hydroxylation is 1. The van der Waals surface area contributed by atoms with E-state index < -0.39 is 22.8 Å². The first-order valence-electron chi connectivity index (χ1n) is 11.1. The largest absolute Gasteiger partial charge is 0.493 e. The van der Waals surface area contributed by atoms with Gasteiger partial charge in [0.05, 0.1) is 17.6 Å². The standard InChI is InChI=1S/C27H27F2NO3S/c1-13(2)16-7-8-27(4,5)19-9-14(3)17(12-18(16)19)22-23(29)15(10-20(28)24(22)33-6)11-21-25(31)30-26(32)34-21/h7,9-13H,8H2,1-6H3,(H,30,31,32). The van der Waals surface area contributed by atoms with Crippen LogP contribution in [0.5, 0.6) is 5.75 Å². The number of halogens is 2. The Morgan fingerprint density at radius 2 is 1.85 bits per heavy atom. The second kappa shape index (κ2) is 8.69. The lowest BCUT2D eigenvalue weighted by Crippen LogP contribution is -2.23. The number of rotatable bonds is 4. The van der Waals surface area contributed by atoms with Gasteiger partial charge in [-0.25, -0.2) is 8.78 Å². The number of benzene rings is 2. The molecule has 2 aliphatic rings. The van der Waals surface area contributed by atoms with E-state index in [2.05, 4.69) is 45.2 Å². The molecule has 1 heterocycles. The zero-order valence-electron chi connectivity index (χ0n) is 20.1. The molecule has 2 amide bonds. The van der Waals surface area contributed by atoms with Crippen LogP contribution in [-0.4, -0.2) is 18.3 Å². The van der Waals surface area contributed by atoms with E-state index in [4.69, 9.17) is 4.74 Å². The Bertz CT molecular complexity index is 1290. The molecule has 0 bridgehead atoms. The number of fused-ring (bicyclic) bond motifs is 1. The predicted molar refractivity (Wildman–Crippen MR) is 133 cm³/mol. The second-order valence-corrected chi connectivity index (χ2v) is 10.7. The van der Waals surface area contributed by atoms with Crippen molar-refractivity contribution in [2.45, 2.75) is 46.5 Å². The van der Waals surface area contributed by atoms with Crippen molar-refractivity contribution in [3.8, 4) is 16.9 Å². The number of hydrogen-bond donors (Lipinski definition) is 1. The molecule has 34 heavy (non-hydrogen) atoms. The van der Waals surface area contributed by atoms with Gasteiger partial charge in [0.2, 0.25) is 0 Å². The lowest BCUT2D eigenvalue weighted by atomic mass is 9.70. The zero-order chi connectivity index (χ0) is 24.9. The summed E-state index contributed by atoms with van der Waals surface area (Å²) in [4.78, 5) is 23.5. The molecule has 4 nitrogen and oxygen atoms in total. The zero-order valence-corrected chi connectivity index (χ0v) is 20.9. The van der Waals surface area contributed by atoms with Gasteiger partial charge in [0.25, 0.3) is 11.1 Å². The molecule has 0 atom stereocenters. The minimum absolute atomic E-state index is 0.00383. The maximum Gasteiger partial charge on any atom is 0.290 e. The number of thioether (sulfide) groups is 1. The SMILES string of the molecule is COc1c(F)cc(C=C2SC(=O)NC2=O)c(F)c1-c1cc2c(cc1C)C(C)(C)CC=C2C(C)C. The van der Waals surface area contributed by atoms with Crippen LogP contribution < -0.4 is 10.1 Å². The molecule has 2 aromatic carbocycles. The first kappa shape index (κ1) is 24.2. The maximum atomic E-state index is 16.0. The van der Waals surface area contributed by atoms with Gasteiger partial charge in [-0.3, -0.25) is 14.9 Å². The van der Waals surface area contributed by atoms with Gasteiger partial charge < -0.3 is 4.74 Å². The summed E-state index contributed by atoms with van der Waals surface area (Å²) in [7, 11) is 1.30. The Balaban J connectivity index is 1.98. The van der Waals surface area contributed by atoms with Gasteiger partial charge in [-0.2, -0.15) is 0 Å². The molecule has 0 radical (unpaired) electrons. The van der Waals surface area contributed by atoms with Crippen molar-refractivity contribution < 1.29 is 23.1 Å². The molecule has 0 unspecified atom stereocenters. The monoisotopic (exact) mass is 483 g/mol. The van der Waals surface area contributed by atoms with Gasteiger partial charge in [0.15, 0.2) is 11.6 Å². The van der Waals surface area contributed by atoms with Crippen molar-refractivity contribution in [3.05, 3.63) is 63.1 Å². The third-order valence-corrected chi connectivity index (χ3v) is 7.27. The van der Waals surface area contributed by atoms with Gasteiger partial charge >= 0.3 is 0 Å². The van der Waals surface area contributed by atoms with Gasteiger partial charge in [-0.05, 0) is 82.5 Å². The topological polar surface area (TPSA) is 55.4 Å². The molecule has 7 heteroatoms. The van der Waals surface area contributed by atoms with Crippen LogP contribution in [0.15, 0.2) is 29.2 Å². The summed E-state index contributed by atoms with van der Waals surface area (Å²) in [5, 5.41) is 1.58. The fourth-order valence-corrected chi connectivity index (χ4v) is 5.32. The number of ether oxygens (including phenoxy) is 1. The van der Waals surface area contributed by atoms with Gasteiger partial charge in [0, 0.05) is 5.56 Å². The molecule has 178 valence electrons. The van der Waals surface area contributed by atoms with Crippen molar-refractivity contribution in [1.82, 2.24) is 5.32 Å². The smallest absolute Gasteiger partial charge is 0.290 e. The number of imide groups is 1. The number of allylic oxidation sites excluding steroid dienone is 2. The molecule has 1 aliphatic carbocycles. The summed E-state index contributed by atoms with van der Waals surface area (Å²) < 4.78 is 36.4.